The number of rotatable bonds is 1. The van der Waals surface area contributed by atoms with Crippen LogP contribution in [0, 0.1) is 6.92 Å². The minimum atomic E-state index is 0.721. The number of aryl methyl sites for hydroxylation is 1. The predicted octanol–water partition coefficient (Wildman–Crippen LogP) is 2.32. The number of guanidine groups is 1. The third-order valence-electron chi connectivity index (χ3n) is 3.63. The molecule has 0 aliphatic carbocycles. The average molecular weight is 316 g/mol. The van der Waals surface area contributed by atoms with Crippen molar-refractivity contribution in [1.29, 1.82) is 0 Å². The van der Waals surface area contributed by atoms with Crippen LogP contribution in [0.3, 0.4) is 0 Å². The number of hydrogen-bond donors (Lipinski definition) is 0. The molecule has 1 saturated heterocycles. The molecular weight excluding hydrogens is 296 g/mol. The number of morpholine rings is 1. The molecule has 3 rings (SSSR count). The Balaban J connectivity index is 2.01. The lowest BCUT2D eigenvalue weighted by Gasteiger charge is -2.27. The maximum absolute atomic E-state index is 5.44. The van der Waals surface area contributed by atoms with E-state index in [2.05, 4.69) is 21.8 Å². The third kappa shape index (κ3) is 3.45. The first-order valence-corrected chi connectivity index (χ1v) is 8.24. The Bertz CT molecular complexity index is 711. The third-order valence-corrected chi connectivity index (χ3v) is 4.66. The van der Waals surface area contributed by atoms with E-state index < -0.39 is 0 Å². The highest BCUT2D eigenvalue weighted by Crippen LogP contribution is 2.13. The summed E-state index contributed by atoms with van der Waals surface area (Å²) in [5, 5.41) is 2.11. The summed E-state index contributed by atoms with van der Waals surface area (Å²) in [6.45, 7) is 5.17. The number of aliphatic imine (C=N–C) groups is 1. The van der Waals surface area contributed by atoms with Crippen LogP contribution in [-0.2, 0) is 11.8 Å². The van der Waals surface area contributed by atoms with Gasteiger partial charge in [-0.15, -0.1) is 11.3 Å². The smallest absolute Gasteiger partial charge is 0.228 e. The highest BCUT2D eigenvalue weighted by Gasteiger charge is 2.15. The normalized spacial score (nSPS) is 17.1. The summed E-state index contributed by atoms with van der Waals surface area (Å²) >= 11 is 1.64. The molecule has 116 valence electrons. The Morgan fingerprint density at radius 3 is 2.55 bits per heavy atom. The Hall–Kier alpha value is -1.92. The lowest BCUT2D eigenvalue weighted by atomic mass is 10.3. The summed E-state index contributed by atoms with van der Waals surface area (Å²) in [5.74, 6) is 0.756. The summed E-state index contributed by atoms with van der Waals surface area (Å²) in [5.41, 5.74) is 2.12. The molecule has 0 saturated carbocycles. The van der Waals surface area contributed by atoms with E-state index in [0.29, 0.717) is 0 Å². The van der Waals surface area contributed by atoms with E-state index in [1.54, 1.807) is 11.3 Å². The van der Waals surface area contributed by atoms with Crippen LogP contribution in [0.1, 0.15) is 5.69 Å². The van der Waals surface area contributed by atoms with Crippen LogP contribution in [0.4, 0.5) is 5.69 Å². The predicted molar refractivity (Wildman–Crippen MR) is 89.5 cm³/mol. The first-order valence-electron chi connectivity index (χ1n) is 7.36. The van der Waals surface area contributed by atoms with Crippen molar-refractivity contribution in [2.24, 2.45) is 17.0 Å². The Morgan fingerprint density at radius 2 is 1.91 bits per heavy atom. The summed E-state index contributed by atoms with van der Waals surface area (Å²) in [6.07, 6.45) is 0. The molecule has 5 nitrogen and oxygen atoms in total. The summed E-state index contributed by atoms with van der Waals surface area (Å²) in [6, 6.07) is 9.97. The van der Waals surface area contributed by atoms with Gasteiger partial charge < -0.3 is 14.2 Å². The van der Waals surface area contributed by atoms with Crippen LogP contribution in [-0.4, -0.2) is 41.7 Å². The van der Waals surface area contributed by atoms with Crippen molar-refractivity contribution < 1.29 is 4.74 Å². The molecule has 0 radical (unpaired) electrons. The molecular formula is C16H20N4OS. The number of nitrogens with zero attached hydrogens (tertiary/aromatic N) is 4. The number of hydrogen-bond acceptors (Lipinski definition) is 3. The van der Waals surface area contributed by atoms with Crippen LogP contribution in [0.5, 0.6) is 0 Å². The molecule has 0 unspecified atom stereocenters. The minimum absolute atomic E-state index is 0.721. The molecule has 2 heterocycles. The average Bonchev–Trinajstić information content (AvgIpc) is 2.88. The van der Waals surface area contributed by atoms with Gasteiger partial charge in [0.25, 0.3) is 0 Å². The fourth-order valence-corrected chi connectivity index (χ4v) is 3.05. The second kappa shape index (κ2) is 6.89. The van der Waals surface area contributed by atoms with E-state index in [-0.39, 0.29) is 0 Å². The van der Waals surface area contributed by atoms with Crippen molar-refractivity contribution in [3.8, 4) is 0 Å². The van der Waals surface area contributed by atoms with Gasteiger partial charge in [0, 0.05) is 31.2 Å². The number of para-hydroxylation sites is 1. The number of thiazole rings is 1. The van der Waals surface area contributed by atoms with E-state index in [1.165, 1.54) is 5.69 Å². The second-order valence-electron chi connectivity index (χ2n) is 5.18. The molecule has 0 atom stereocenters. The molecule has 0 N–H and O–H groups in total. The van der Waals surface area contributed by atoms with Gasteiger partial charge in [-0.2, -0.15) is 4.99 Å². The zero-order valence-electron chi connectivity index (χ0n) is 12.9. The van der Waals surface area contributed by atoms with Crippen molar-refractivity contribution in [3.63, 3.8) is 0 Å². The Labute approximate surface area is 134 Å². The second-order valence-corrected chi connectivity index (χ2v) is 6.01. The lowest BCUT2D eigenvalue weighted by molar-refractivity contribution is 0.0675. The zero-order chi connectivity index (χ0) is 15.4. The molecule has 6 heteroatoms. The molecule has 0 bridgehead atoms. The lowest BCUT2D eigenvalue weighted by Crippen LogP contribution is -2.40. The maximum atomic E-state index is 5.44. The van der Waals surface area contributed by atoms with E-state index in [4.69, 9.17) is 14.7 Å². The molecule has 22 heavy (non-hydrogen) atoms. The largest absolute Gasteiger partial charge is 0.378 e. The molecule has 1 aliphatic heterocycles. The summed E-state index contributed by atoms with van der Waals surface area (Å²) in [7, 11) is 2.03. The van der Waals surface area contributed by atoms with Crippen LogP contribution >= 0.6 is 11.3 Å². The van der Waals surface area contributed by atoms with E-state index >= 15 is 0 Å². The Morgan fingerprint density at radius 1 is 1.18 bits per heavy atom. The van der Waals surface area contributed by atoms with Crippen molar-refractivity contribution >= 4 is 23.0 Å². The first kappa shape index (κ1) is 15.0. The number of ether oxygens (including phenoxy) is 1. The van der Waals surface area contributed by atoms with Crippen LogP contribution < -0.4 is 4.80 Å². The number of aromatic nitrogens is 1. The number of benzene rings is 1. The van der Waals surface area contributed by atoms with Gasteiger partial charge in [-0.1, -0.05) is 18.2 Å². The fourth-order valence-electron chi connectivity index (χ4n) is 2.18. The van der Waals surface area contributed by atoms with Gasteiger partial charge in [0.1, 0.15) is 0 Å². The van der Waals surface area contributed by atoms with Crippen LogP contribution in [0.2, 0.25) is 0 Å². The highest BCUT2D eigenvalue weighted by atomic mass is 32.1. The maximum Gasteiger partial charge on any atom is 0.228 e. The molecule has 1 aromatic heterocycles. The van der Waals surface area contributed by atoms with Gasteiger partial charge in [0.2, 0.25) is 5.96 Å². The zero-order valence-corrected chi connectivity index (χ0v) is 13.7. The summed E-state index contributed by atoms with van der Waals surface area (Å²) < 4.78 is 7.53. The van der Waals surface area contributed by atoms with E-state index in [9.17, 15) is 0 Å². The molecule has 1 aromatic carbocycles. The van der Waals surface area contributed by atoms with Gasteiger partial charge >= 0.3 is 0 Å². The minimum Gasteiger partial charge on any atom is -0.378 e. The van der Waals surface area contributed by atoms with Gasteiger partial charge in [-0.05, 0) is 19.1 Å². The topological polar surface area (TPSA) is 42.1 Å². The fraction of sp³-hybridized carbons (Fsp3) is 0.375. The van der Waals surface area contributed by atoms with Gasteiger partial charge in [0.15, 0.2) is 4.80 Å². The van der Waals surface area contributed by atoms with Crippen molar-refractivity contribution in [2.75, 3.05) is 26.3 Å². The van der Waals surface area contributed by atoms with Crippen molar-refractivity contribution in [1.82, 2.24) is 9.47 Å². The van der Waals surface area contributed by atoms with Gasteiger partial charge in [-0.25, -0.2) is 4.99 Å². The molecule has 2 aromatic rings. The van der Waals surface area contributed by atoms with Crippen LogP contribution in [0.25, 0.3) is 0 Å². The van der Waals surface area contributed by atoms with Crippen LogP contribution in [0.15, 0.2) is 45.7 Å². The van der Waals surface area contributed by atoms with Crippen molar-refractivity contribution in [2.45, 2.75) is 6.92 Å². The SMILES string of the molecule is Cc1csc(=NC(=Nc2ccccc2)N2CCOCC2)n1C. The van der Waals surface area contributed by atoms with Crippen molar-refractivity contribution in [3.05, 3.63) is 46.2 Å². The monoisotopic (exact) mass is 316 g/mol. The quantitative estimate of drug-likeness (QED) is 0.598. The highest BCUT2D eigenvalue weighted by molar-refractivity contribution is 7.07. The first-order chi connectivity index (χ1) is 10.7. The Kier molecular flexibility index (Phi) is 4.70. The standard InChI is InChI=1S/C16H20N4OS/c1-13-12-22-16(19(13)2)18-15(20-8-10-21-11-9-20)17-14-6-4-3-5-7-14/h3-7,12H,8-11H2,1-2H3. The molecule has 0 amide bonds. The van der Waals surface area contributed by atoms with E-state index in [0.717, 1.165) is 42.8 Å². The van der Waals surface area contributed by atoms with E-state index in [1.807, 2.05) is 37.4 Å². The molecule has 1 fully saturated rings. The molecule has 1 aliphatic rings. The van der Waals surface area contributed by atoms with Gasteiger partial charge in [-0.3, -0.25) is 0 Å². The summed E-state index contributed by atoms with van der Waals surface area (Å²) in [4.78, 5) is 12.7. The van der Waals surface area contributed by atoms with Gasteiger partial charge in [0.05, 0.1) is 18.9 Å². The molecule has 0 spiro atoms.